The number of amides is 1. The van der Waals surface area contributed by atoms with E-state index in [2.05, 4.69) is 10.3 Å². The zero-order valence-electron chi connectivity index (χ0n) is 15.2. The van der Waals surface area contributed by atoms with E-state index < -0.39 is 18.0 Å². The van der Waals surface area contributed by atoms with Gasteiger partial charge in [-0.1, -0.05) is 5.22 Å². The number of ether oxygens (including phenoxy) is 1. The van der Waals surface area contributed by atoms with Crippen molar-refractivity contribution < 1.29 is 19.0 Å². The van der Waals surface area contributed by atoms with Crippen LogP contribution in [0.5, 0.6) is 0 Å². The van der Waals surface area contributed by atoms with E-state index in [9.17, 15) is 9.18 Å². The minimum Gasteiger partial charge on any atom is -0.441 e. The van der Waals surface area contributed by atoms with Crippen LogP contribution < -0.4 is 9.80 Å². The number of anilines is 2. The fourth-order valence-corrected chi connectivity index (χ4v) is 2.84. The second-order valence-corrected chi connectivity index (χ2v) is 6.32. The maximum atomic E-state index is 14.6. The standard InChI is InChI=1S/C16H21FN8O3/c1-22(21-19)15(18)8-24-5-4-23(10-20-24)14-3-2-11(6-13(14)17)25-7-12(9-26)28-16(25)27/h2-3,6,10,12,18-19,26H,4-5,7-9H2,1H3. The van der Waals surface area contributed by atoms with E-state index in [4.69, 9.17) is 20.8 Å². The molecule has 3 N–H and O–H groups in total. The van der Waals surface area contributed by atoms with Crippen molar-refractivity contribution in [2.24, 2.45) is 10.3 Å². The number of amidine groups is 1. The Balaban J connectivity index is 1.67. The Morgan fingerprint density at radius 1 is 1.50 bits per heavy atom. The predicted octanol–water partition coefficient (Wildman–Crippen LogP) is 1.06. The first-order valence-electron chi connectivity index (χ1n) is 8.55. The largest absolute Gasteiger partial charge is 0.441 e. The maximum Gasteiger partial charge on any atom is 0.414 e. The number of benzene rings is 1. The molecule has 0 spiro atoms. The molecule has 1 aromatic rings. The van der Waals surface area contributed by atoms with Crippen molar-refractivity contribution >= 4 is 29.6 Å². The number of carbonyl (C=O) groups excluding carboxylic acids is 1. The summed E-state index contributed by atoms with van der Waals surface area (Å²) in [6.45, 7) is 0.981. The van der Waals surface area contributed by atoms with Gasteiger partial charge in [-0.2, -0.15) is 10.6 Å². The summed E-state index contributed by atoms with van der Waals surface area (Å²) in [6, 6.07) is 4.41. The molecule has 0 radical (unpaired) electrons. The number of rotatable bonds is 6. The molecule has 0 aromatic heterocycles. The highest BCUT2D eigenvalue weighted by molar-refractivity contribution is 5.90. The number of aliphatic hydroxyl groups is 1. The van der Waals surface area contributed by atoms with Gasteiger partial charge in [0, 0.05) is 13.6 Å². The number of likely N-dealkylation sites (N-methyl/N-ethyl adjacent to an activating group) is 1. The summed E-state index contributed by atoms with van der Waals surface area (Å²) >= 11 is 0. The Bertz CT molecular complexity index is 804. The van der Waals surface area contributed by atoms with Crippen molar-refractivity contribution in [2.75, 3.05) is 49.6 Å². The highest BCUT2D eigenvalue weighted by Crippen LogP contribution is 2.28. The second kappa shape index (κ2) is 8.17. The lowest BCUT2D eigenvalue weighted by atomic mass is 10.2. The third-order valence-corrected chi connectivity index (χ3v) is 4.46. The number of hydrogen-bond donors (Lipinski definition) is 3. The normalized spacial score (nSPS) is 19.0. The molecule has 2 aliphatic rings. The molecule has 1 amide bonds. The zero-order chi connectivity index (χ0) is 20.3. The molecule has 3 rings (SSSR count). The second-order valence-electron chi connectivity index (χ2n) is 6.32. The van der Waals surface area contributed by atoms with Crippen LogP contribution in [0.1, 0.15) is 0 Å². The van der Waals surface area contributed by atoms with Crippen LogP contribution in [-0.4, -0.2) is 79.3 Å². The molecule has 0 bridgehead atoms. The molecule has 2 aliphatic heterocycles. The molecule has 2 heterocycles. The fourth-order valence-electron chi connectivity index (χ4n) is 2.84. The maximum absolute atomic E-state index is 14.6. The first-order chi connectivity index (χ1) is 13.4. The summed E-state index contributed by atoms with van der Waals surface area (Å²) in [4.78, 5) is 14.7. The number of aliphatic hydroxyl groups excluding tert-OH is 1. The van der Waals surface area contributed by atoms with Gasteiger partial charge in [-0.05, 0) is 18.2 Å². The van der Waals surface area contributed by atoms with Gasteiger partial charge in [0.2, 0.25) is 0 Å². The Kier molecular flexibility index (Phi) is 5.68. The topological polar surface area (TPSA) is 132 Å². The van der Waals surface area contributed by atoms with Crippen LogP contribution in [0, 0.1) is 16.8 Å². The van der Waals surface area contributed by atoms with Gasteiger partial charge < -0.3 is 14.7 Å². The molecule has 150 valence electrons. The van der Waals surface area contributed by atoms with E-state index >= 15 is 0 Å². The van der Waals surface area contributed by atoms with Crippen molar-refractivity contribution in [1.82, 2.24) is 10.0 Å². The summed E-state index contributed by atoms with van der Waals surface area (Å²) in [6.07, 6.45) is 0.239. The Morgan fingerprint density at radius 2 is 2.29 bits per heavy atom. The van der Waals surface area contributed by atoms with Gasteiger partial charge in [0.15, 0.2) is 0 Å². The van der Waals surface area contributed by atoms with Gasteiger partial charge in [-0.15, -0.1) is 0 Å². The number of cyclic esters (lactones) is 1. The summed E-state index contributed by atoms with van der Waals surface area (Å²) in [5, 5.41) is 27.0. The van der Waals surface area contributed by atoms with Gasteiger partial charge in [0.05, 0.1) is 37.6 Å². The minimum atomic E-state index is -0.617. The van der Waals surface area contributed by atoms with E-state index in [0.717, 1.165) is 5.01 Å². The van der Waals surface area contributed by atoms with Gasteiger partial charge >= 0.3 is 6.09 Å². The van der Waals surface area contributed by atoms with Gasteiger partial charge in [0.1, 0.15) is 24.1 Å². The molecule has 0 saturated carbocycles. The van der Waals surface area contributed by atoms with Crippen LogP contribution >= 0.6 is 0 Å². The van der Waals surface area contributed by atoms with E-state index in [1.807, 2.05) is 0 Å². The van der Waals surface area contributed by atoms with Crippen LogP contribution in [0.15, 0.2) is 28.5 Å². The molecule has 1 fully saturated rings. The third kappa shape index (κ3) is 4.01. The summed E-state index contributed by atoms with van der Waals surface area (Å²) < 4.78 is 19.6. The van der Waals surface area contributed by atoms with Crippen molar-refractivity contribution in [3.63, 3.8) is 0 Å². The lowest BCUT2D eigenvalue weighted by Crippen LogP contribution is -2.42. The molecular formula is C16H21FN8O3. The molecular weight excluding hydrogens is 371 g/mol. The van der Waals surface area contributed by atoms with E-state index in [0.29, 0.717) is 24.5 Å². The molecule has 0 aliphatic carbocycles. The minimum absolute atomic E-state index is 0.120. The number of nitrogens with zero attached hydrogens (tertiary/aromatic N) is 6. The van der Waals surface area contributed by atoms with Crippen LogP contribution in [0.2, 0.25) is 0 Å². The van der Waals surface area contributed by atoms with Crippen molar-refractivity contribution in [3.8, 4) is 0 Å². The van der Waals surface area contributed by atoms with Crippen molar-refractivity contribution in [3.05, 3.63) is 24.0 Å². The lowest BCUT2D eigenvalue weighted by molar-refractivity contribution is 0.0963. The van der Waals surface area contributed by atoms with Crippen molar-refractivity contribution in [2.45, 2.75) is 6.10 Å². The molecule has 1 unspecified atom stereocenters. The SMILES string of the molecule is CN(N=N)C(=N)CN1CCN(c2ccc(N3CC(CO)OC3=O)cc2F)C=N1. The van der Waals surface area contributed by atoms with Crippen LogP contribution in [0.25, 0.3) is 0 Å². The fraction of sp³-hybridized carbons (Fsp3) is 0.438. The highest BCUT2D eigenvalue weighted by atomic mass is 19.1. The molecule has 28 heavy (non-hydrogen) atoms. The van der Waals surface area contributed by atoms with E-state index in [1.165, 1.54) is 24.4 Å². The Hall–Kier alpha value is -3.28. The highest BCUT2D eigenvalue weighted by Gasteiger charge is 2.32. The summed E-state index contributed by atoms with van der Waals surface area (Å²) in [7, 11) is 1.51. The van der Waals surface area contributed by atoms with E-state index in [-0.39, 0.29) is 25.5 Å². The molecule has 1 aromatic carbocycles. The third-order valence-electron chi connectivity index (χ3n) is 4.46. The number of hydrazone groups is 1. The van der Waals surface area contributed by atoms with Crippen LogP contribution in [0.3, 0.4) is 0 Å². The number of hydrogen-bond acceptors (Lipinski definition) is 9. The number of nitrogens with one attached hydrogen (secondary N) is 2. The average Bonchev–Trinajstić information content (AvgIpc) is 3.08. The lowest BCUT2D eigenvalue weighted by Gasteiger charge is -2.31. The number of carbonyl (C=O) groups is 1. The molecule has 12 heteroatoms. The zero-order valence-corrected chi connectivity index (χ0v) is 15.2. The van der Waals surface area contributed by atoms with E-state index in [1.54, 1.807) is 22.0 Å². The first kappa shape index (κ1) is 19.5. The quantitative estimate of drug-likeness (QED) is 0.287. The number of halogens is 1. The first-order valence-corrected chi connectivity index (χ1v) is 8.55. The molecule has 1 atom stereocenters. The summed E-state index contributed by atoms with van der Waals surface area (Å²) in [5.41, 5.74) is 7.56. The Labute approximate surface area is 160 Å². The van der Waals surface area contributed by atoms with Crippen LogP contribution in [0.4, 0.5) is 20.6 Å². The monoisotopic (exact) mass is 392 g/mol. The van der Waals surface area contributed by atoms with Gasteiger partial charge in [-0.25, -0.2) is 14.2 Å². The summed E-state index contributed by atoms with van der Waals surface area (Å²) in [5.74, 6) is -0.395. The average molecular weight is 392 g/mol. The molecule has 1 saturated heterocycles. The molecule has 11 nitrogen and oxygen atoms in total. The Morgan fingerprint density at radius 3 is 2.86 bits per heavy atom. The van der Waals surface area contributed by atoms with Gasteiger partial charge in [0.25, 0.3) is 0 Å². The van der Waals surface area contributed by atoms with Crippen molar-refractivity contribution in [1.29, 1.82) is 10.9 Å². The smallest absolute Gasteiger partial charge is 0.414 e. The predicted molar refractivity (Wildman–Crippen MR) is 99.1 cm³/mol. The van der Waals surface area contributed by atoms with Crippen LogP contribution in [-0.2, 0) is 4.74 Å². The van der Waals surface area contributed by atoms with Gasteiger partial charge in [-0.3, -0.25) is 15.3 Å².